The third kappa shape index (κ3) is 4.70. The van der Waals surface area contributed by atoms with Gasteiger partial charge >= 0.3 is 18.9 Å². The first kappa shape index (κ1) is 17.0. The van der Waals surface area contributed by atoms with Crippen molar-refractivity contribution < 1.29 is 28.5 Å². The molecule has 0 saturated carbocycles. The molecular weight excluding hydrogens is 221 g/mol. The van der Waals surface area contributed by atoms with Gasteiger partial charge in [0.1, 0.15) is 0 Å². The van der Waals surface area contributed by atoms with Crippen molar-refractivity contribution in [3.63, 3.8) is 0 Å². The van der Waals surface area contributed by atoms with Crippen LogP contribution in [0.3, 0.4) is 0 Å². The fourth-order valence-corrected chi connectivity index (χ4v) is 1.56. The predicted octanol–water partition coefficient (Wildman–Crippen LogP) is -0.755. The summed E-state index contributed by atoms with van der Waals surface area (Å²) in [5.74, 6) is -0.351. The molecule has 0 N–H and O–H groups in total. The van der Waals surface area contributed by atoms with E-state index in [2.05, 4.69) is 12.6 Å². The minimum absolute atomic E-state index is 0. The molecule has 1 unspecified atom stereocenters. The summed E-state index contributed by atoms with van der Waals surface area (Å²) < 4.78 is 0. The van der Waals surface area contributed by atoms with Gasteiger partial charge in [-0.05, 0) is 13.3 Å². The van der Waals surface area contributed by atoms with Crippen molar-refractivity contribution in [2.75, 3.05) is 14.2 Å². The Kier molecular flexibility index (Phi) is 7.69. The normalized spacial score (nSPS) is 11.3. The maximum atomic E-state index is 12.0. The zero-order valence-corrected chi connectivity index (χ0v) is 11.6. The Morgan fingerprint density at radius 3 is 2.67 bits per heavy atom. The van der Waals surface area contributed by atoms with Crippen molar-refractivity contribution >= 4 is 5.91 Å². The van der Waals surface area contributed by atoms with E-state index in [1.54, 1.807) is 7.05 Å². The Morgan fingerprint density at radius 1 is 1.56 bits per heavy atom. The van der Waals surface area contributed by atoms with Crippen LogP contribution in [-0.4, -0.2) is 25.1 Å². The van der Waals surface area contributed by atoms with Crippen molar-refractivity contribution in [2.45, 2.75) is 13.3 Å². The van der Waals surface area contributed by atoms with Gasteiger partial charge in [0.2, 0.25) is 0 Å². The van der Waals surface area contributed by atoms with Crippen molar-refractivity contribution in [2.24, 2.45) is 5.92 Å². The molecule has 1 rings (SSSR count). The maximum Gasteiger partial charge on any atom is 1.00 e. The molecule has 3 nitrogen and oxygen atoms in total. The quantitative estimate of drug-likeness (QED) is 0.293. The van der Waals surface area contributed by atoms with E-state index in [0.29, 0.717) is 6.42 Å². The molecule has 18 heavy (non-hydrogen) atoms. The minimum atomic E-state index is -0.265. The van der Waals surface area contributed by atoms with Crippen LogP contribution >= 0.6 is 0 Å². The molecule has 0 aliphatic heterocycles. The number of carbonyl (C=O) groups is 1. The number of hydroxylamine groups is 2. The van der Waals surface area contributed by atoms with Gasteiger partial charge in [-0.1, -0.05) is 12.2 Å². The second-order valence-electron chi connectivity index (χ2n) is 4.01. The molecule has 0 aliphatic carbocycles. The van der Waals surface area contributed by atoms with Gasteiger partial charge in [-0.2, -0.15) is 35.9 Å². The van der Waals surface area contributed by atoms with Crippen molar-refractivity contribution in [3.8, 4) is 0 Å². The summed E-state index contributed by atoms with van der Waals surface area (Å²) in [5, 5.41) is 1.24. The first-order valence-corrected chi connectivity index (χ1v) is 5.49. The van der Waals surface area contributed by atoms with Gasteiger partial charge in [-0.25, -0.2) is 5.06 Å². The van der Waals surface area contributed by atoms with Gasteiger partial charge in [0.25, 0.3) is 5.91 Å². The third-order valence-electron chi connectivity index (χ3n) is 2.67. The third-order valence-corrected chi connectivity index (χ3v) is 2.67. The van der Waals surface area contributed by atoms with Gasteiger partial charge in [0.05, 0.1) is 13.0 Å². The van der Waals surface area contributed by atoms with Gasteiger partial charge in [0, 0.05) is 7.05 Å². The van der Waals surface area contributed by atoms with Crippen molar-refractivity contribution in [1.82, 2.24) is 5.06 Å². The molecule has 92 valence electrons. The molecule has 1 amide bonds. The molecule has 4 heteroatoms. The number of carbonyl (C=O) groups excluding carboxylic acids is 1. The molecule has 1 atom stereocenters. The number of hydrogen-bond acceptors (Lipinski definition) is 2. The van der Waals surface area contributed by atoms with Gasteiger partial charge in [0.15, 0.2) is 0 Å². The van der Waals surface area contributed by atoms with E-state index in [4.69, 9.17) is 4.84 Å². The van der Waals surface area contributed by atoms with Gasteiger partial charge in [-0.3, -0.25) is 9.63 Å². The maximum absolute atomic E-state index is 12.0. The number of rotatable bonds is 5. The van der Waals surface area contributed by atoms with E-state index in [1.807, 2.05) is 31.2 Å². The van der Waals surface area contributed by atoms with Gasteiger partial charge in [-0.15, -0.1) is 0 Å². The van der Waals surface area contributed by atoms with Crippen LogP contribution in [0.25, 0.3) is 0 Å². The second-order valence-corrected chi connectivity index (χ2v) is 4.01. The number of benzene rings is 1. The first-order chi connectivity index (χ1) is 8.06. The van der Waals surface area contributed by atoms with E-state index in [-0.39, 0.29) is 30.7 Å². The Bertz CT molecular complexity index is 392. The SMILES string of the molecule is C=C(C)C(Cc1[c-]cccc1)C(=O)N(C)OC.[Li+]. The molecule has 0 aliphatic rings. The van der Waals surface area contributed by atoms with E-state index < -0.39 is 0 Å². The molecular formula is C14H18LiNO2. The molecule has 0 bridgehead atoms. The number of nitrogens with zero attached hydrogens (tertiary/aromatic N) is 1. The predicted molar refractivity (Wildman–Crippen MR) is 67.1 cm³/mol. The summed E-state index contributed by atoms with van der Waals surface area (Å²) in [5.41, 5.74) is 1.83. The van der Waals surface area contributed by atoms with Crippen molar-refractivity contribution in [1.29, 1.82) is 0 Å². The Labute approximate surface area is 121 Å². The summed E-state index contributed by atoms with van der Waals surface area (Å²) in [6.07, 6.45) is 0.600. The van der Waals surface area contributed by atoms with E-state index >= 15 is 0 Å². The van der Waals surface area contributed by atoms with Crippen LogP contribution in [0, 0.1) is 12.0 Å². The van der Waals surface area contributed by atoms with Crippen LogP contribution < -0.4 is 18.9 Å². The monoisotopic (exact) mass is 239 g/mol. The van der Waals surface area contributed by atoms with Crippen LogP contribution in [0.4, 0.5) is 0 Å². The average molecular weight is 239 g/mol. The smallest absolute Gasteiger partial charge is 0.275 e. The minimum Gasteiger partial charge on any atom is -0.275 e. The Morgan fingerprint density at radius 2 is 2.22 bits per heavy atom. The van der Waals surface area contributed by atoms with Crippen LogP contribution in [0.15, 0.2) is 36.4 Å². The average Bonchev–Trinajstić information content (AvgIpc) is 2.35. The summed E-state index contributed by atoms with van der Waals surface area (Å²) in [6.45, 7) is 5.73. The largest absolute Gasteiger partial charge is 1.00 e. The molecule has 0 radical (unpaired) electrons. The van der Waals surface area contributed by atoms with Gasteiger partial charge < -0.3 is 0 Å². The standard InChI is InChI=1S/C14H18NO2.Li/c1-11(2)13(14(16)15(3)17-4)10-12-8-6-5-7-9-12;/h5-8,13H,1,10H2,2-4H3;/q-1;+1. The number of hydrogen-bond donors (Lipinski definition) is 0. The fraction of sp³-hybridized carbons (Fsp3) is 0.357. The van der Waals surface area contributed by atoms with Crippen LogP contribution in [0.5, 0.6) is 0 Å². The summed E-state index contributed by atoms with van der Waals surface area (Å²) in [4.78, 5) is 17.0. The van der Waals surface area contributed by atoms with Crippen LogP contribution in [0.1, 0.15) is 12.5 Å². The molecule has 0 aromatic heterocycles. The van der Waals surface area contributed by atoms with Crippen molar-refractivity contribution in [3.05, 3.63) is 48.0 Å². The summed E-state index contributed by atoms with van der Waals surface area (Å²) in [6, 6.07) is 10.8. The fourth-order valence-electron chi connectivity index (χ4n) is 1.56. The molecule has 0 fully saturated rings. The van der Waals surface area contributed by atoms with Crippen LogP contribution in [-0.2, 0) is 16.1 Å². The zero-order valence-electron chi connectivity index (χ0n) is 11.6. The topological polar surface area (TPSA) is 29.5 Å². The molecule has 1 aromatic rings. The molecule has 1 aromatic carbocycles. The Balaban J connectivity index is 0.00000289. The number of amides is 1. The summed E-state index contributed by atoms with van der Waals surface area (Å²) in [7, 11) is 3.08. The first-order valence-electron chi connectivity index (χ1n) is 5.49. The van der Waals surface area contributed by atoms with E-state index in [9.17, 15) is 4.79 Å². The molecule has 0 saturated heterocycles. The van der Waals surface area contributed by atoms with E-state index in [1.165, 1.54) is 12.2 Å². The molecule has 0 heterocycles. The zero-order chi connectivity index (χ0) is 12.8. The Hall–Kier alpha value is -1.01. The molecule has 0 spiro atoms. The van der Waals surface area contributed by atoms with Crippen LogP contribution in [0.2, 0.25) is 0 Å². The van der Waals surface area contributed by atoms with E-state index in [0.717, 1.165) is 11.1 Å². The second kappa shape index (κ2) is 8.15. The summed E-state index contributed by atoms with van der Waals surface area (Å²) >= 11 is 0.